The lowest BCUT2D eigenvalue weighted by Gasteiger charge is -2.33. The molecule has 0 aromatic heterocycles. The molecule has 3 amide bonds. The Morgan fingerprint density at radius 2 is 1.76 bits per heavy atom. The van der Waals surface area contributed by atoms with Crippen molar-refractivity contribution in [1.29, 1.82) is 5.26 Å². The fraction of sp³-hybridized carbons (Fsp3) is 0.371. The minimum Gasteiger partial charge on any atom is -0.488 e. The summed E-state index contributed by atoms with van der Waals surface area (Å²) >= 11 is 1.35. The van der Waals surface area contributed by atoms with Crippen LogP contribution in [0.5, 0.6) is 5.75 Å². The maximum Gasteiger partial charge on any atom is 0.333 e. The van der Waals surface area contributed by atoms with Gasteiger partial charge < -0.3 is 20.1 Å². The van der Waals surface area contributed by atoms with Crippen molar-refractivity contribution in [2.45, 2.75) is 68.9 Å². The van der Waals surface area contributed by atoms with Gasteiger partial charge in [0.05, 0.1) is 48.0 Å². The van der Waals surface area contributed by atoms with Crippen molar-refractivity contribution in [3.8, 4) is 11.8 Å². The zero-order chi connectivity index (χ0) is 35.5. The van der Waals surface area contributed by atoms with Gasteiger partial charge in [-0.25, -0.2) is 28.0 Å². The number of rotatable bonds is 10. The summed E-state index contributed by atoms with van der Waals surface area (Å²) in [7, 11) is 0. The number of halogens is 3. The first-order valence-corrected chi connectivity index (χ1v) is 16.6. The normalized spacial score (nSPS) is 14.8. The summed E-state index contributed by atoms with van der Waals surface area (Å²) in [5.41, 5.74) is 5.83. The van der Waals surface area contributed by atoms with Crippen LogP contribution in [0.15, 0.2) is 53.4 Å². The number of amides is 3. The molecule has 0 saturated carbocycles. The molecule has 0 bridgehead atoms. The summed E-state index contributed by atoms with van der Waals surface area (Å²) in [4.78, 5) is 40.1. The van der Waals surface area contributed by atoms with Crippen molar-refractivity contribution < 1.29 is 37.0 Å². The van der Waals surface area contributed by atoms with Crippen molar-refractivity contribution in [3.63, 3.8) is 0 Å². The summed E-state index contributed by atoms with van der Waals surface area (Å²) < 4.78 is 56.1. The van der Waals surface area contributed by atoms with E-state index in [1.807, 2.05) is 11.0 Å². The number of carbonyl (C=O) groups excluding carboxylic acids is 3. The molecule has 2 heterocycles. The molecule has 0 radical (unpaired) electrons. The first-order chi connectivity index (χ1) is 23.2. The number of carbonyl (C=O) groups is 3. The Bertz CT molecular complexity index is 1780. The molecular formula is C35H36F3N5O5S. The van der Waals surface area contributed by atoms with E-state index in [0.29, 0.717) is 42.1 Å². The summed E-state index contributed by atoms with van der Waals surface area (Å²) in [6, 6.07) is 12.5. The average molecular weight is 696 g/mol. The van der Waals surface area contributed by atoms with Gasteiger partial charge in [0.25, 0.3) is 5.91 Å². The number of fused-ring (bicyclic) bond motifs is 1. The number of esters is 1. The smallest absolute Gasteiger partial charge is 0.333 e. The molecule has 0 spiro atoms. The molecule has 1 saturated heterocycles. The molecule has 2 aliphatic rings. The summed E-state index contributed by atoms with van der Waals surface area (Å²) in [6.45, 7) is 5.47. The Morgan fingerprint density at radius 3 is 2.37 bits per heavy atom. The maximum absolute atomic E-state index is 15.2. The Labute approximate surface area is 286 Å². The lowest BCUT2D eigenvalue weighted by Crippen LogP contribution is -2.50. The standard InChI is InChI=1S/C35H36F3N5O5S/c1-35(2,3)48-32(44)11-14-42(34(40)46)43-19-25-24(33(43)45)5-4-6-31(25)47-20-26-27(36)16-23(17-28(26)37)49-22-9-12-41(13-10-22)30-8-7-21(18-39)15-29(30)38/h4-8,15-17,22H,9-14,19-20H2,1-3H3,(H2,40,46). The van der Waals surface area contributed by atoms with E-state index in [-0.39, 0.29) is 47.2 Å². The van der Waals surface area contributed by atoms with Gasteiger partial charge in [-0.05, 0) is 76.1 Å². The largest absolute Gasteiger partial charge is 0.488 e. The Balaban J connectivity index is 1.20. The van der Waals surface area contributed by atoms with Gasteiger partial charge in [-0.1, -0.05) is 6.07 Å². The van der Waals surface area contributed by atoms with Gasteiger partial charge in [0.1, 0.15) is 35.4 Å². The zero-order valence-electron chi connectivity index (χ0n) is 27.3. The third-order valence-corrected chi connectivity index (χ3v) is 9.36. The van der Waals surface area contributed by atoms with E-state index in [9.17, 15) is 18.8 Å². The van der Waals surface area contributed by atoms with Gasteiger partial charge in [0, 0.05) is 28.8 Å². The molecule has 0 aliphatic carbocycles. The van der Waals surface area contributed by atoms with Crippen LogP contribution in [0.2, 0.25) is 0 Å². The predicted octanol–water partition coefficient (Wildman–Crippen LogP) is 6.30. The van der Waals surface area contributed by atoms with E-state index >= 15 is 8.78 Å². The molecule has 2 N–H and O–H groups in total. The minimum absolute atomic E-state index is 0.0649. The van der Waals surface area contributed by atoms with Crippen LogP contribution in [0.4, 0.5) is 23.7 Å². The fourth-order valence-corrected chi connectivity index (χ4v) is 6.91. The van der Waals surface area contributed by atoms with Gasteiger partial charge in [0.15, 0.2) is 0 Å². The molecule has 5 rings (SSSR count). The van der Waals surface area contributed by atoms with Crippen LogP contribution >= 0.6 is 11.8 Å². The highest BCUT2D eigenvalue weighted by Gasteiger charge is 2.36. The summed E-state index contributed by atoms with van der Waals surface area (Å²) in [6.07, 6.45) is 1.14. The number of hydrogen-bond acceptors (Lipinski definition) is 8. The molecule has 0 unspecified atom stereocenters. The molecular weight excluding hydrogens is 659 g/mol. The SMILES string of the molecule is CC(C)(C)OC(=O)CCN(C(N)=O)N1Cc2c(OCc3c(F)cc(SC4CCN(c5ccc(C#N)cc5F)CC4)cc3F)cccc2C1=O. The van der Waals surface area contributed by atoms with E-state index in [0.717, 1.165) is 10.0 Å². The number of nitriles is 1. The van der Waals surface area contributed by atoms with E-state index in [1.54, 1.807) is 45.0 Å². The average Bonchev–Trinajstić information content (AvgIpc) is 3.36. The molecule has 49 heavy (non-hydrogen) atoms. The van der Waals surface area contributed by atoms with E-state index < -0.39 is 47.6 Å². The number of urea groups is 1. The maximum atomic E-state index is 15.2. The number of thioether (sulfide) groups is 1. The zero-order valence-corrected chi connectivity index (χ0v) is 28.1. The monoisotopic (exact) mass is 695 g/mol. The number of piperidine rings is 1. The van der Waals surface area contributed by atoms with Gasteiger partial charge in [-0.2, -0.15) is 5.26 Å². The minimum atomic E-state index is -0.944. The number of hydrazine groups is 1. The van der Waals surface area contributed by atoms with E-state index in [1.165, 1.54) is 36.0 Å². The van der Waals surface area contributed by atoms with Crippen LogP contribution in [0.25, 0.3) is 0 Å². The number of hydrogen-bond donors (Lipinski definition) is 1. The van der Waals surface area contributed by atoms with Crippen molar-refractivity contribution in [2.75, 3.05) is 24.5 Å². The van der Waals surface area contributed by atoms with Gasteiger partial charge in [-0.3, -0.25) is 9.59 Å². The van der Waals surface area contributed by atoms with Crippen LogP contribution in [-0.4, -0.2) is 58.4 Å². The van der Waals surface area contributed by atoms with Gasteiger partial charge in [-0.15, -0.1) is 11.8 Å². The van der Waals surface area contributed by atoms with Gasteiger partial charge >= 0.3 is 12.0 Å². The van der Waals surface area contributed by atoms with Crippen LogP contribution < -0.4 is 15.4 Å². The number of benzene rings is 3. The lowest BCUT2D eigenvalue weighted by atomic mass is 10.1. The number of anilines is 1. The first-order valence-electron chi connectivity index (χ1n) is 15.7. The van der Waals surface area contributed by atoms with Crippen LogP contribution in [0, 0.1) is 28.8 Å². The molecule has 2 aliphatic heterocycles. The Kier molecular flexibility index (Phi) is 10.6. The fourth-order valence-electron chi connectivity index (χ4n) is 5.74. The van der Waals surface area contributed by atoms with Crippen molar-refractivity contribution >= 4 is 35.4 Å². The summed E-state index contributed by atoms with van der Waals surface area (Å²) in [5.74, 6) is -2.94. The Hall–Kier alpha value is -4.90. The van der Waals surface area contributed by atoms with Crippen molar-refractivity contribution in [1.82, 2.24) is 10.0 Å². The van der Waals surface area contributed by atoms with E-state index in [2.05, 4.69) is 0 Å². The van der Waals surface area contributed by atoms with Crippen LogP contribution in [0.3, 0.4) is 0 Å². The third kappa shape index (κ3) is 8.40. The number of primary amides is 1. The topological polar surface area (TPSA) is 129 Å². The highest BCUT2D eigenvalue weighted by atomic mass is 32.2. The van der Waals surface area contributed by atoms with Crippen molar-refractivity contribution in [2.24, 2.45) is 5.73 Å². The lowest BCUT2D eigenvalue weighted by molar-refractivity contribution is -0.155. The number of nitrogens with zero attached hydrogens (tertiary/aromatic N) is 4. The molecule has 3 aromatic carbocycles. The van der Waals surface area contributed by atoms with Crippen LogP contribution in [-0.2, 0) is 22.7 Å². The second-order valence-corrected chi connectivity index (χ2v) is 14.1. The quantitative estimate of drug-likeness (QED) is 0.245. The second kappa shape index (κ2) is 14.7. The van der Waals surface area contributed by atoms with E-state index in [4.69, 9.17) is 20.5 Å². The Morgan fingerprint density at radius 1 is 1.06 bits per heavy atom. The summed E-state index contributed by atoms with van der Waals surface area (Å²) in [5, 5.41) is 11.1. The molecule has 258 valence electrons. The van der Waals surface area contributed by atoms with Crippen LogP contribution in [0.1, 0.15) is 67.1 Å². The molecule has 1 fully saturated rings. The number of ether oxygens (including phenoxy) is 2. The molecule has 14 heteroatoms. The highest BCUT2D eigenvalue weighted by molar-refractivity contribution is 8.00. The number of nitrogens with two attached hydrogens (primary N) is 1. The first kappa shape index (κ1) is 35.4. The van der Waals surface area contributed by atoms with Gasteiger partial charge in [0.2, 0.25) is 0 Å². The molecule has 0 atom stereocenters. The molecule has 10 nitrogen and oxygen atoms in total. The predicted molar refractivity (Wildman–Crippen MR) is 176 cm³/mol. The van der Waals surface area contributed by atoms with Crippen molar-refractivity contribution in [3.05, 3.63) is 88.2 Å². The third-order valence-electron chi connectivity index (χ3n) is 8.05. The highest BCUT2D eigenvalue weighted by Crippen LogP contribution is 2.36. The second-order valence-electron chi connectivity index (χ2n) is 12.7. The molecule has 3 aromatic rings.